The monoisotopic (exact) mass is 232 g/mol. The molecule has 0 bridgehead atoms. The average molecular weight is 233 g/mol. The molecule has 14 heavy (non-hydrogen) atoms. The van der Waals surface area contributed by atoms with Crippen LogP contribution >= 0.6 is 23.2 Å². The number of carbonyl (C=O) groups is 1. The van der Waals surface area contributed by atoms with Gasteiger partial charge in [-0.2, -0.15) is 0 Å². The first-order valence-corrected chi connectivity index (χ1v) is 4.74. The highest BCUT2D eigenvalue weighted by Gasteiger charge is 2.10. The first-order chi connectivity index (χ1) is 6.54. The number of rotatable bonds is 2. The predicted molar refractivity (Wildman–Crippen MR) is 57.2 cm³/mol. The molecule has 0 saturated heterocycles. The molecule has 3 N–H and O–H groups in total. The number of hydrazine groups is 1. The summed E-state index contributed by atoms with van der Waals surface area (Å²) < 4.78 is 0. The van der Waals surface area contributed by atoms with Crippen LogP contribution in [0.1, 0.15) is 11.1 Å². The van der Waals surface area contributed by atoms with Gasteiger partial charge in [0, 0.05) is 10.0 Å². The Morgan fingerprint density at radius 2 is 1.93 bits per heavy atom. The van der Waals surface area contributed by atoms with Gasteiger partial charge in [-0.1, -0.05) is 23.2 Å². The zero-order valence-electron chi connectivity index (χ0n) is 7.60. The molecule has 0 aliphatic heterocycles. The minimum absolute atomic E-state index is 0.0917. The van der Waals surface area contributed by atoms with Crippen molar-refractivity contribution in [2.45, 2.75) is 13.3 Å². The third kappa shape index (κ3) is 2.61. The van der Waals surface area contributed by atoms with Crippen molar-refractivity contribution in [3.05, 3.63) is 33.3 Å². The quantitative estimate of drug-likeness (QED) is 0.465. The summed E-state index contributed by atoms with van der Waals surface area (Å²) >= 11 is 11.9. The number of nitrogens with one attached hydrogen (secondary N) is 1. The van der Waals surface area contributed by atoms with E-state index >= 15 is 0 Å². The van der Waals surface area contributed by atoms with Crippen molar-refractivity contribution in [1.82, 2.24) is 5.43 Å². The summed E-state index contributed by atoms with van der Waals surface area (Å²) in [5.41, 5.74) is 3.58. The summed E-state index contributed by atoms with van der Waals surface area (Å²) in [7, 11) is 0. The molecular formula is C9H10Cl2N2O. The lowest BCUT2D eigenvalue weighted by Gasteiger charge is -2.07. The molecule has 0 atom stereocenters. The maximum atomic E-state index is 11.0. The zero-order valence-corrected chi connectivity index (χ0v) is 9.12. The Bertz CT molecular complexity index is 343. The SMILES string of the molecule is Cc1cc(Cl)c(CC(=O)NN)c(Cl)c1. The van der Waals surface area contributed by atoms with Crippen LogP contribution in [0.25, 0.3) is 0 Å². The van der Waals surface area contributed by atoms with E-state index in [2.05, 4.69) is 0 Å². The van der Waals surface area contributed by atoms with Gasteiger partial charge < -0.3 is 0 Å². The number of carbonyl (C=O) groups excluding carboxylic acids is 1. The lowest BCUT2D eigenvalue weighted by atomic mass is 10.1. The van der Waals surface area contributed by atoms with Gasteiger partial charge in [-0.25, -0.2) is 5.84 Å². The highest BCUT2D eigenvalue weighted by molar-refractivity contribution is 6.36. The van der Waals surface area contributed by atoms with Crippen LogP contribution in [-0.2, 0) is 11.2 Å². The molecule has 0 saturated carbocycles. The van der Waals surface area contributed by atoms with Crippen molar-refractivity contribution in [3.8, 4) is 0 Å². The highest BCUT2D eigenvalue weighted by atomic mass is 35.5. The van der Waals surface area contributed by atoms with Gasteiger partial charge in [0.1, 0.15) is 0 Å². The van der Waals surface area contributed by atoms with E-state index in [1.54, 1.807) is 12.1 Å². The predicted octanol–water partition coefficient (Wildman–Crippen LogP) is 1.83. The lowest BCUT2D eigenvalue weighted by Crippen LogP contribution is -2.31. The van der Waals surface area contributed by atoms with E-state index in [1.165, 1.54) is 0 Å². The van der Waals surface area contributed by atoms with E-state index in [4.69, 9.17) is 29.0 Å². The molecule has 5 heteroatoms. The van der Waals surface area contributed by atoms with Gasteiger partial charge in [-0.3, -0.25) is 10.2 Å². The minimum atomic E-state index is -0.322. The van der Waals surface area contributed by atoms with Crippen LogP contribution in [0.15, 0.2) is 12.1 Å². The lowest BCUT2D eigenvalue weighted by molar-refractivity contribution is -0.120. The second kappa shape index (κ2) is 4.64. The number of hydrogen-bond donors (Lipinski definition) is 2. The molecule has 0 aromatic heterocycles. The molecule has 0 spiro atoms. The van der Waals surface area contributed by atoms with Crippen molar-refractivity contribution >= 4 is 29.1 Å². The van der Waals surface area contributed by atoms with Gasteiger partial charge in [0.15, 0.2) is 0 Å². The van der Waals surface area contributed by atoms with Crippen LogP contribution in [0.3, 0.4) is 0 Å². The first kappa shape index (κ1) is 11.3. The molecule has 1 aromatic rings. The van der Waals surface area contributed by atoms with Crippen LogP contribution in [0.4, 0.5) is 0 Å². The molecule has 1 amide bonds. The van der Waals surface area contributed by atoms with Gasteiger partial charge in [0.05, 0.1) is 6.42 Å². The Morgan fingerprint density at radius 1 is 1.43 bits per heavy atom. The van der Waals surface area contributed by atoms with Crippen LogP contribution in [0, 0.1) is 6.92 Å². The zero-order chi connectivity index (χ0) is 10.7. The van der Waals surface area contributed by atoms with E-state index in [-0.39, 0.29) is 12.3 Å². The normalized spacial score (nSPS) is 10.0. The molecule has 1 aromatic carbocycles. The molecule has 0 aliphatic carbocycles. The molecule has 0 radical (unpaired) electrons. The van der Waals surface area contributed by atoms with Crippen molar-refractivity contribution in [3.63, 3.8) is 0 Å². The fraction of sp³-hybridized carbons (Fsp3) is 0.222. The minimum Gasteiger partial charge on any atom is -0.294 e. The van der Waals surface area contributed by atoms with Gasteiger partial charge in [0.25, 0.3) is 0 Å². The van der Waals surface area contributed by atoms with E-state index in [9.17, 15) is 4.79 Å². The van der Waals surface area contributed by atoms with Gasteiger partial charge in [-0.05, 0) is 30.2 Å². The fourth-order valence-electron chi connectivity index (χ4n) is 1.11. The molecule has 0 heterocycles. The Morgan fingerprint density at radius 3 is 2.36 bits per heavy atom. The Kier molecular flexibility index (Phi) is 3.75. The second-order valence-corrected chi connectivity index (χ2v) is 3.77. The maximum Gasteiger partial charge on any atom is 0.238 e. The summed E-state index contributed by atoms with van der Waals surface area (Å²) in [4.78, 5) is 11.0. The van der Waals surface area contributed by atoms with E-state index in [1.807, 2.05) is 12.3 Å². The third-order valence-corrected chi connectivity index (χ3v) is 2.46. The van der Waals surface area contributed by atoms with Crippen LogP contribution in [-0.4, -0.2) is 5.91 Å². The van der Waals surface area contributed by atoms with Gasteiger partial charge in [-0.15, -0.1) is 0 Å². The molecule has 3 nitrogen and oxygen atoms in total. The number of benzene rings is 1. The summed E-state index contributed by atoms with van der Waals surface area (Å²) in [6.45, 7) is 1.88. The van der Waals surface area contributed by atoms with Crippen molar-refractivity contribution in [2.75, 3.05) is 0 Å². The van der Waals surface area contributed by atoms with Gasteiger partial charge >= 0.3 is 0 Å². The van der Waals surface area contributed by atoms with E-state index in [0.717, 1.165) is 5.56 Å². The topological polar surface area (TPSA) is 55.1 Å². The molecular weight excluding hydrogens is 223 g/mol. The van der Waals surface area contributed by atoms with Crippen molar-refractivity contribution in [1.29, 1.82) is 0 Å². The van der Waals surface area contributed by atoms with E-state index in [0.29, 0.717) is 15.6 Å². The average Bonchev–Trinajstić information content (AvgIpc) is 2.10. The summed E-state index contributed by atoms with van der Waals surface area (Å²) in [6, 6.07) is 3.51. The molecule has 76 valence electrons. The number of halogens is 2. The van der Waals surface area contributed by atoms with E-state index < -0.39 is 0 Å². The maximum absolute atomic E-state index is 11.0. The Labute approximate surface area is 92.2 Å². The number of nitrogens with two attached hydrogens (primary N) is 1. The molecule has 1 rings (SSSR count). The first-order valence-electron chi connectivity index (χ1n) is 3.98. The fourth-order valence-corrected chi connectivity index (χ4v) is 1.84. The number of aryl methyl sites for hydroxylation is 1. The Hall–Kier alpha value is -0.770. The smallest absolute Gasteiger partial charge is 0.238 e. The molecule has 0 unspecified atom stereocenters. The third-order valence-electron chi connectivity index (χ3n) is 1.78. The molecule has 0 fully saturated rings. The van der Waals surface area contributed by atoms with Crippen molar-refractivity contribution in [2.24, 2.45) is 5.84 Å². The van der Waals surface area contributed by atoms with Gasteiger partial charge in [0.2, 0.25) is 5.91 Å². The van der Waals surface area contributed by atoms with Crippen LogP contribution in [0.5, 0.6) is 0 Å². The number of amides is 1. The summed E-state index contributed by atoms with van der Waals surface area (Å²) in [6.07, 6.45) is 0.0917. The standard InChI is InChI=1S/C9H10Cl2N2O/c1-5-2-7(10)6(8(11)3-5)4-9(14)13-12/h2-3H,4,12H2,1H3,(H,13,14). The highest BCUT2D eigenvalue weighted by Crippen LogP contribution is 2.26. The van der Waals surface area contributed by atoms with Crippen LogP contribution in [0.2, 0.25) is 10.0 Å². The second-order valence-electron chi connectivity index (χ2n) is 2.95. The number of hydrogen-bond acceptors (Lipinski definition) is 2. The molecule has 0 aliphatic rings. The van der Waals surface area contributed by atoms with Crippen LogP contribution < -0.4 is 11.3 Å². The van der Waals surface area contributed by atoms with Crippen molar-refractivity contribution < 1.29 is 4.79 Å². The Balaban J connectivity index is 3.02. The summed E-state index contributed by atoms with van der Waals surface area (Å²) in [5, 5.41) is 0.970. The largest absolute Gasteiger partial charge is 0.294 e. The summed E-state index contributed by atoms with van der Waals surface area (Å²) in [5.74, 6) is 4.64.